The normalized spacial score (nSPS) is 12.3. The summed E-state index contributed by atoms with van der Waals surface area (Å²) >= 11 is 0. The lowest BCUT2D eigenvalue weighted by molar-refractivity contribution is -0.144. The SMILES string of the molecule is CCCCCCCCCCCCOC(=O)CC(N)CCCCO. The maximum absolute atomic E-state index is 11.6. The second-order valence-corrected chi connectivity index (χ2v) is 6.59. The average Bonchev–Trinajstić information content (AvgIpc) is 2.52. The summed E-state index contributed by atoms with van der Waals surface area (Å²) in [6.07, 6.45) is 15.5. The topological polar surface area (TPSA) is 72.5 Å². The number of nitrogens with two attached hydrogens (primary N) is 1. The predicted octanol–water partition coefficient (Wildman–Crippen LogP) is 4.33. The van der Waals surface area contributed by atoms with E-state index in [1.165, 1.54) is 51.4 Å². The minimum absolute atomic E-state index is 0.137. The molecule has 138 valence electrons. The van der Waals surface area contributed by atoms with Crippen molar-refractivity contribution in [3.05, 3.63) is 0 Å². The van der Waals surface area contributed by atoms with Crippen molar-refractivity contribution in [1.29, 1.82) is 0 Å². The van der Waals surface area contributed by atoms with E-state index in [0.29, 0.717) is 13.0 Å². The van der Waals surface area contributed by atoms with Crippen LogP contribution in [-0.2, 0) is 9.53 Å². The quantitative estimate of drug-likeness (QED) is 0.308. The maximum atomic E-state index is 11.6. The molecular weight excluding hydrogens is 290 g/mol. The Labute approximate surface area is 143 Å². The van der Waals surface area contributed by atoms with Crippen molar-refractivity contribution in [2.24, 2.45) is 5.73 Å². The second kappa shape index (κ2) is 17.7. The van der Waals surface area contributed by atoms with Gasteiger partial charge in [0.05, 0.1) is 13.0 Å². The van der Waals surface area contributed by atoms with Crippen molar-refractivity contribution in [2.45, 2.75) is 103 Å². The monoisotopic (exact) mass is 329 g/mol. The van der Waals surface area contributed by atoms with Gasteiger partial charge in [-0.1, -0.05) is 64.7 Å². The lowest BCUT2D eigenvalue weighted by Crippen LogP contribution is -2.25. The van der Waals surface area contributed by atoms with E-state index in [4.69, 9.17) is 15.6 Å². The molecule has 0 spiro atoms. The second-order valence-electron chi connectivity index (χ2n) is 6.59. The molecule has 0 fully saturated rings. The molecule has 4 heteroatoms. The Bertz CT molecular complexity index is 259. The highest BCUT2D eigenvalue weighted by Gasteiger charge is 2.10. The fourth-order valence-corrected chi connectivity index (χ4v) is 2.67. The molecule has 0 aromatic carbocycles. The predicted molar refractivity (Wildman–Crippen MR) is 96.3 cm³/mol. The van der Waals surface area contributed by atoms with Gasteiger partial charge in [-0.05, 0) is 25.7 Å². The van der Waals surface area contributed by atoms with Gasteiger partial charge in [0.1, 0.15) is 0 Å². The molecule has 0 aliphatic heterocycles. The van der Waals surface area contributed by atoms with E-state index in [-0.39, 0.29) is 18.6 Å². The first-order valence-electron chi connectivity index (χ1n) is 9.72. The Morgan fingerprint density at radius 2 is 1.48 bits per heavy atom. The van der Waals surface area contributed by atoms with Crippen molar-refractivity contribution in [1.82, 2.24) is 0 Å². The van der Waals surface area contributed by atoms with Crippen molar-refractivity contribution in [2.75, 3.05) is 13.2 Å². The summed E-state index contributed by atoms with van der Waals surface area (Å²) in [5.74, 6) is -0.183. The maximum Gasteiger partial charge on any atom is 0.307 e. The summed E-state index contributed by atoms with van der Waals surface area (Å²) < 4.78 is 5.22. The number of hydrogen-bond acceptors (Lipinski definition) is 4. The summed E-state index contributed by atoms with van der Waals surface area (Å²) in [6, 6.07) is -0.137. The third-order valence-corrected chi connectivity index (χ3v) is 4.17. The fourth-order valence-electron chi connectivity index (χ4n) is 2.67. The molecule has 0 aromatic rings. The Balaban J connectivity index is 3.26. The molecule has 0 aromatic heterocycles. The van der Waals surface area contributed by atoms with Crippen LogP contribution in [0.3, 0.4) is 0 Å². The number of ether oxygens (including phenoxy) is 1. The summed E-state index contributed by atoms with van der Waals surface area (Å²) in [7, 11) is 0. The minimum Gasteiger partial charge on any atom is -0.466 e. The van der Waals surface area contributed by atoms with Gasteiger partial charge in [-0.25, -0.2) is 0 Å². The van der Waals surface area contributed by atoms with Crippen molar-refractivity contribution in [3.8, 4) is 0 Å². The van der Waals surface area contributed by atoms with Gasteiger partial charge < -0.3 is 15.6 Å². The zero-order chi connectivity index (χ0) is 17.2. The summed E-state index contributed by atoms with van der Waals surface area (Å²) in [6.45, 7) is 2.96. The van der Waals surface area contributed by atoms with E-state index in [1.54, 1.807) is 0 Å². The number of aliphatic hydroxyl groups excluding tert-OH is 1. The first kappa shape index (κ1) is 22.4. The third-order valence-electron chi connectivity index (χ3n) is 4.17. The van der Waals surface area contributed by atoms with Gasteiger partial charge >= 0.3 is 5.97 Å². The van der Waals surface area contributed by atoms with Gasteiger partial charge in [-0.2, -0.15) is 0 Å². The molecule has 0 saturated heterocycles. The van der Waals surface area contributed by atoms with Gasteiger partial charge in [0.15, 0.2) is 0 Å². The van der Waals surface area contributed by atoms with Crippen LogP contribution in [0.4, 0.5) is 0 Å². The van der Waals surface area contributed by atoms with Crippen molar-refractivity contribution < 1.29 is 14.6 Å². The molecular formula is C19H39NO3. The van der Waals surface area contributed by atoms with Crippen LogP contribution >= 0.6 is 0 Å². The Hall–Kier alpha value is -0.610. The number of carbonyl (C=O) groups is 1. The van der Waals surface area contributed by atoms with Crippen LogP contribution in [0.15, 0.2) is 0 Å². The molecule has 0 rings (SSSR count). The first-order valence-corrected chi connectivity index (χ1v) is 9.72. The van der Waals surface area contributed by atoms with E-state index in [0.717, 1.165) is 32.1 Å². The van der Waals surface area contributed by atoms with Crippen LogP contribution in [0.5, 0.6) is 0 Å². The summed E-state index contributed by atoms with van der Waals surface area (Å²) in [5, 5.41) is 8.70. The molecule has 23 heavy (non-hydrogen) atoms. The van der Waals surface area contributed by atoms with E-state index in [9.17, 15) is 4.79 Å². The minimum atomic E-state index is -0.183. The smallest absolute Gasteiger partial charge is 0.307 e. The fraction of sp³-hybridized carbons (Fsp3) is 0.947. The van der Waals surface area contributed by atoms with Gasteiger partial charge in [-0.15, -0.1) is 0 Å². The highest BCUT2D eigenvalue weighted by atomic mass is 16.5. The molecule has 0 aliphatic rings. The van der Waals surface area contributed by atoms with Gasteiger partial charge in [0.2, 0.25) is 0 Å². The number of carbonyl (C=O) groups excluding carboxylic acids is 1. The standard InChI is InChI=1S/C19H39NO3/c1-2-3-4-5-6-7-8-9-10-13-16-23-19(22)17-18(20)14-11-12-15-21/h18,21H,2-17,20H2,1H3. The highest BCUT2D eigenvalue weighted by molar-refractivity contribution is 5.70. The molecule has 1 unspecified atom stereocenters. The van der Waals surface area contributed by atoms with Gasteiger partial charge in [-0.3, -0.25) is 4.79 Å². The first-order chi connectivity index (χ1) is 11.2. The van der Waals surface area contributed by atoms with E-state index in [1.807, 2.05) is 0 Å². The zero-order valence-corrected chi connectivity index (χ0v) is 15.2. The van der Waals surface area contributed by atoms with E-state index >= 15 is 0 Å². The zero-order valence-electron chi connectivity index (χ0n) is 15.2. The number of aliphatic hydroxyl groups is 1. The molecule has 0 heterocycles. The molecule has 0 radical (unpaired) electrons. The molecule has 0 saturated carbocycles. The lowest BCUT2D eigenvalue weighted by Gasteiger charge is -2.10. The Kier molecular flexibility index (Phi) is 17.3. The Morgan fingerprint density at radius 3 is 2.04 bits per heavy atom. The largest absolute Gasteiger partial charge is 0.466 e. The van der Waals surface area contributed by atoms with E-state index < -0.39 is 0 Å². The van der Waals surface area contributed by atoms with Crippen LogP contribution in [-0.4, -0.2) is 30.3 Å². The molecule has 0 bridgehead atoms. The summed E-state index contributed by atoms with van der Waals surface area (Å²) in [5.41, 5.74) is 5.86. The molecule has 0 amide bonds. The van der Waals surface area contributed by atoms with Crippen molar-refractivity contribution >= 4 is 5.97 Å². The van der Waals surface area contributed by atoms with Crippen LogP contribution in [0, 0.1) is 0 Å². The molecule has 1 atom stereocenters. The van der Waals surface area contributed by atoms with E-state index in [2.05, 4.69) is 6.92 Å². The number of unbranched alkanes of at least 4 members (excludes halogenated alkanes) is 10. The van der Waals surface area contributed by atoms with Gasteiger partial charge in [0.25, 0.3) is 0 Å². The average molecular weight is 330 g/mol. The van der Waals surface area contributed by atoms with Gasteiger partial charge in [0, 0.05) is 12.6 Å². The van der Waals surface area contributed by atoms with Crippen LogP contribution in [0.1, 0.15) is 96.8 Å². The number of hydrogen-bond donors (Lipinski definition) is 2. The molecule has 0 aliphatic carbocycles. The lowest BCUT2D eigenvalue weighted by atomic mass is 10.1. The van der Waals surface area contributed by atoms with Crippen molar-refractivity contribution in [3.63, 3.8) is 0 Å². The molecule has 4 nitrogen and oxygen atoms in total. The van der Waals surface area contributed by atoms with Crippen LogP contribution < -0.4 is 5.73 Å². The number of esters is 1. The summed E-state index contributed by atoms with van der Waals surface area (Å²) in [4.78, 5) is 11.6. The Morgan fingerprint density at radius 1 is 0.913 bits per heavy atom. The van der Waals surface area contributed by atoms with Crippen LogP contribution in [0.25, 0.3) is 0 Å². The highest BCUT2D eigenvalue weighted by Crippen LogP contribution is 2.10. The van der Waals surface area contributed by atoms with Crippen LogP contribution in [0.2, 0.25) is 0 Å². The number of rotatable bonds is 17. The molecule has 3 N–H and O–H groups in total. The third kappa shape index (κ3) is 17.6.